The highest BCUT2D eigenvalue weighted by atomic mass is 31.2. The Bertz CT molecular complexity index is 589. The molecule has 0 aromatic heterocycles. The zero-order valence-corrected chi connectivity index (χ0v) is 14.8. The largest absolute Gasteiger partial charge is 0.465 e. The maximum atomic E-state index is 12.8. The summed E-state index contributed by atoms with van der Waals surface area (Å²) in [6, 6.07) is 6.14. The molecule has 134 valence electrons. The lowest BCUT2D eigenvalue weighted by Crippen LogP contribution is -2.24. The molecule has 24 heavy (non-hydrogen) atoms. The number of hydrogen-bond acceptors (Lipinski definition) is 7. The topological polar surface area (TPSA) is 100 Å². The van der Waals surface area contributed by atoms with Crippen LogP contribution in [0.5, 0.6) is 5.75 Å². The van der Waals surface area contributed by atoms with Crippen LogP contribution in [0.2, 0.25) is 0 Å². The second kappa shape index (κ2) is 10.2. The summed E-state index contributed by atoms with van der Waals surface area (Å²) < 4.78 is 33.4. The van der Waals surface area contributed by atoms with E-state index in [9.17, 15) is 14.2 Å². The van der Waals surface area contributed by atoms with Gasteiger partial charge in [0, 0.05) is 7.11 Å². The monoisotopic (exact) mass is 359 g/mol. The van der Waals surface area contributed by atoms with Crippen molar-refractivity contribution < 1.29 is 32.7 Å². The minimum absolute atomic E-state index is 0.00345. The zero-order chi connectivity index (χ0) is 18.0. The van der Waals surface area contributed by atoms with Crippen LogP contribution in [0, 0.1) is 0 Å². The van der Waals surface area contributed by atoms with Crippen LogP contribution in [0.3, 0.4) is 0 Å². The van der Waals surface area contributed by atoms with Crippen molar-refractivity contribution in [2.75, 3.05) is 27.4 Å². The number of carbonyl (C=O) groups is 2. The molecule has 2 unspecified atom stereocenters. The predicted octanol–water partition coefficient (Wildman–Crippen LogP) is 2.19. The predicted molar refractivity (Wildman–Crippen MR) is 87.1 cm³/mol. The van der Waals surface area contributed by atoms with Gasteiger partial charge in [0.2, 0.25) is 0 Å². The molecule has 1 aromatic carbocycles. The van der Waals surface area contributed by atoms with Crippen LogP contribution in [0.15, 0.2) is 24.3 Å². The number of benzene rings is 1. The number of esters is 1. The smallest absolute Gasteiger partial charge is 0.459 e. The molecule has 0 fully saturated rings. The highest BCUT2D eigenvalue weighted by Crippen LogP contribution is 2.45. The third-order valence-corrected chi connectivity index (χ3v) is 4.59. The van der Waals surface area contributed by atoms with Crippen LogP contribution in [-0.2, 0) is 23.4 Å². The van der Waals surface area contributed by atoms with E-state index in [1.165, 1.54) is 26.4 Å². The quantitative estimate of drug-likeness (QED) is 0.365. The first-order chi connectivity index (χ1) is 11.5. The summed E-state index contributed by atoms with van der Waals surface area (Å²) in [6.07, 6.45) is 0.887. The Balaban J connectivity index is 2.99. The van der Waals surface area contributed by atoms with Gasteiger partial charge >= 0.3 is 13.7 Å². The van der Waals surface area contributed by atoms with E-state index in [1.807, 2.05) is 6.92 Å². The number of hydrogen-bond donors (Lipinski definition) is 1. The van der Waals surface area contributed by atoms with Crippen LogP contribution in [0.25, 0.3) is 0 Å². The van der Waals surface area contributed by atoms with Gasteiger partial charge in [-0.2, -0.15) is 0 Å². The van der Waals surface area contributed by atoms with Gasteiger partial charge in [-0.25, -0.2) is 14.4 Å². The van der Waals surface area contributed by atoms with Crippen LogP contribution < -0.4 is 9.61 Å². The van der Waals surface area contributed by atoms with Crippen molar-refractivity contribution in [3.05, 3.63) is 29.8 Å². The maximum Gasteiger partial charge on any atom is 0.459 e. The van der Waals surface area contributed by atoms with Crippen molar-refractivity contribution >= 4 is 20.0 Å². The lowest BCUT2D eigenvalue weighted by Gasteiger charge is -2.22. The average Bonchev–Trinajstić information content (AvgIpc) is 2.60. The van der Waals surface area contributed by atoms with Crippen LogP contribution in [0.1, 0.15) is 23.7 Å². The summed E-state index contributed by atoms with van der Waals surface area (Å²) in [7, 11) is -1.15. The lowest BCUT2D eigenvalue weighted by atomic mass is 10.2. The van der Waals surface area contributed by atoms with Gasteiger partial charge in [0.1, 0.15) is 17.6 Å². The fraction of sp³-hybridized carbons (Fsp3) is 0.467. The van der Waals surface area contributed by atoms with Crippen LogP contribution in [-0.4, -0.2) is 45.7 Å². The van der Waals surface area contributed by atoms with E-state index in [-0.39, 0.29) is 30.6 Å². The number of rotatable bonds is 11. The van der Waals surface area contributed by atoms with Crippen LogP contribution in [0.4, 0.5) is 0 Å². The van der Waals surface area contributed by atoms with E-state index in [0.29, 0.717) is 12.7 Å². The number of aldehydes is 1. The van der Waals surface area contributed by atoms with Gasteiger partial charge in [-0.05, 0) is 18.6 Å². The van der Waals surface area contributed by atoms with Gasteiger partial charge < -0.3 is 18.8 Å². The summed E-state index contributed by atoms with van der Waals surface area (Å²) >= 11 is 0. The second-order valence-corrected chi connectivity index (χ2v) is 6.42. The van der Waals surface area contributed by atoms with E-state index in [0.717, 1.165) is 0 Å². The highest BCUT2D eigenvalue weighted by Gasteiger charge is 2.29. The summed E-state index contributed by atoms with van der Waals surface area (Å²) in [6.45, 7) is 1.65. The molecule has 0 aliphatic carbocycles. The first-order valence-electron chi connectivity index (χ1n) is 7.32. The molecule has 2 atom stereocenters. The first kappa shape index (κ1) is 20.3. The van der Waals surface area contributed by atoms with Gasteiger partial charge in [-0.3, -0.25) is 4.52 Å². The van der Waals surface area contributed by atoms with Crippen molar-refractivity contribution in [2.24, 2.45) is 0 Å². The lowest BCUT2D eigenvalue weighted by molar-refractivity contribution is -0.107. The molecule has 9 heteroatoms. The number of methoxy groups -OCH3 is 2. The molecular weight excluding hydrogens is 337 g/mol. The third kappa shape index (κ3) is 6.05. The molecular formula is C15H22NO7P. The van der Waals surface area contributed by atoms with E-state index >= 15 is 0 Å². The van der Waals surface area contributed by atoms with Gasteiger partial charge in [0.15, 0.2) is 0 Å². The Labute approximate surface area is 141 Å². The molecule has 1 rings (SSSR count). The molecule has 0 aliphatic rings. The van der Waals surface area contributed by atoms with E-state index in [1.54, 1.807) is 12.1 Å². The number of ether oxygens (including phenoxy) is 2. The molecule has 0 spiro atoms. The molecule has 1 N–H and O–H groups in total. The van der Waals surface area contributed by atoms with Crippen molar-refractivity contribution in [1.29, 1.82) is 0 Å². The standard InChI is InChI=1S/C15H22NO7P/c1-4-12(20-2)11-22-24(19,16-9-10-17)23-14-8-6-5-7-13(14)15(18)21-3/h5-8,10,12H,4,9,11H2,1-3H3,(H,16,19). The SMILES string of the molecule is CCC(COP(=O)(NCC=O)Oc1ccccc1C(=O)OC)OC. The number of carbonyl (C=O) groups excluding carboxylic acids is 2. The maximum absolute atomic E-state index is 12.8. The van der Waals surface area contributed by atoms with Crippen molar-refractivity contribution in [3.63, 3.8) is 0 Å². The average molecular weight is 359 g/mol. The Kier molecular flexibility index (Phi) is 8.63. The zero-order valence-electron chi connectivity index (χ0n) is 13.9. The fourth-order valence-electron chi connectivity index (χ4n) is 1.74. The Morgan fingerprint density at radius 2 is 2.04 bits per heavy atom. The highest BCUT2D eigenvalue weighted by molar-refractivity contribution is 7.52. The molecule has 1 aromatic rings. The molecule has 0 saturated carbocycles. The van der Waals surface area contributed by atoms with Gasteiger partial charge in [-0.1, -0.05) is 19.1 Å². The molecule has 0 aliphatic heterocycles. The van der Waals surface area contributed by atoms with Crippen molar-refractivity contribution in [1.82, 2.24) is 5.09 Å². The van der Waals surface area contributed by atoms with Crippen molar-refractivity contribution in [2.45, 2.75) is 19.4 Å². The number of para-hydroxylation sites is 1. The first-order valence-corrected chi connectivity index (χ1v) is 8.87. The van der Waals surface area contributed by atoms with Crippen molar-refractivity contribution in [3.8, 4) is 5.75 Å². The normalized spacial score (nSPS) is 14.5. The van der Waals surface area contributed by atoms with Gasteiger partial charge in [-0.15, -0.1) is 0 Å². The molecule has 0 amide bonds. The summed E-state index contributed by atoms with van der Waals surface area (Å²) in [5.41, 5.74) is 0.0931. The summed E-state index contributed by atoms with van der Waals surface area (Å²) in [5, 5.41) is 2.42. The van der Waals surface area contributed by atoms with E-state index in [2.05, 4.69) is 9.82 Å². The Morgan fingerprint density at radius 1 is 1.33 bits per heavy atom. The summed E-state index contributed by atoms with van der Waals surface area (Å²) in [4.78, 5) is 22.3. The molecule has 0 saturated heterocycles. The third-order valence-electron chi connectivity index (χ3n) is 3.10. The van der Waals surface area contributed by atoms with E-state index < -0.39 is 13.7 Å². The second-order valence-electron chi connectivity index (χ2n) is 4.67. The molecule has 8 nitrogen and oxygen atoms in total. The molecule has 0 bridgehead atoms. The van der Waals surface area contributed by atoms with Gasteiger partial charge in [0.05, 0.1) is 26.4 Å². The number of nitrogens with one attached hydrogen (secondary N) is 1. The fourth-order valence-corrected chi connectivity index (χ4v) is 3.03. The Hall–Kier alpha value is -1.73. The summed E-state index contributed by atoms with van der Waals surface area (Å²) in [5.74, 6) is -0.618. The minimum atomic E-state index is -3.88. The van der Waals surface area contributed by atoms with Crippen LogP contribution >= 0.6 is 7.75 Å². The van der Waals surface area contributed by atoms with E-state index in [4.69, 9.17) is 13.8 Å². The molecule has 0 radical (unpaired) electrons. The Morgan fingerprint density at radius 3 is 2.62 bits per heavy atom. The van der Waals surface area contributed by atoms with Gasteiger partial charge in [0.25, 0.3) is 0 Å². The molecule has 0 heterocycles. The minimum Gasteiger partial charge on any atom is -0.465 e.